The van der Waals surface area contributed by atoms with Gasteiger partial charge in [0.1, 0.15) is 11.6 Å². The normalized spacial score (nSPS) is 12.0. The molecule has 0 fully saturated rings. The average Bonchev–Trinajstić information content (AvgIpc) is 2.51. The van der Waals surface area contributed by atoms with Crippen LogP contribution in [-0.4, -0.2) is 20.1 Å². The summed E-state index contributed by atoms with van der Waals surface area (Å²) in [5, 5.41) is 2.13. The molecule has 0 unspecified atom stereocenters. The summed E-state index contributed by atoms with van der Waals surface area (Å²) in [4.78, 5) is 11.9. The van der Waals surface area contributed by atoms with E-state index in [1.54, 1.807) is 24.3 Å². The number of carbonyl (C=O) groups excluding carboxylic acids is 1. The van der Waals surface area contributed by atoms with E-state index in [2.05, 4.69) is 21.2 Å². The second-order valence-electron chi connectivity index (χ2n) is 5.74. The molecule has 1 N–H and O–H groups in total. The number of hydrogen-bond donors (Lipinski definition) is 1. The molecule has 4 nitrogen and oxygen atoms in total. The first-order chi connectivity index (χ1) is 12.5. The fourth-order valence-electron chi connectivity index (χ4n) is 2.34. The monoisotopic (exact) mass is 467 g/mol. The molecule has 27 heavy (non-hydrogen) atoms. The smallest absolute Gasteiger partial charge is 0.351 e. The molecule has 0 aromatic heterocycles. The van der Waals surface area contributed by atoms with E-state index in [0.717, 1.165) is 12.1 Å². The van der Waals surface area contributed by atoms with E-state index in [-0.39, 0.29) is 11.3 Å². The molecule has 0 aliphatic rings. The first-order valence-electron chi connectivity index (χ1n) is 7.53. The highest BCUT2D eigenvalue weighted by molar-refractivity contribution is 9.10. The summed E-state index contributed by atoms with van der Waals surface area (Å²) in [6.07, 6.45) is -4.80. The van der Waals surface area contributed by atoms with Crippen LogP contribution in [0.2, 0.25) is 0 Å². The highest BCUT2D eigenvalue weighted by atomic mass is 79.9. The van der Waals surface area contributed by atoms with Gasteiger partial charge in [0.2, 0.25) is 5.91 Å². The minimum Gasteiger partial charge on any atom is -0.351 e. The van der Waals surface area contributed by atoms with Crippen molar-refractivity contribution in [1.29, 1.82) is 0 Å². The van der Waals surface area contributed by atoms with Gasteiger partial charge in [0.05, 0.1) is 11.3 Å². The van der Waals surface area contributed by atoms with Crippen LogP contribution in [0.3, 0.4) is 0 Å². The summed E-state index contributed by atoms with van der Waals surface area (Å²) in [5.74, 6) is -3.26. The standard InChI is InChI=1S/C17H14BrF4NO3S/c18-13-3-1-2-11(6-13)9-27(25,26)10-16(24)23-8-12-4-5-14(19)7-15(12)17(20,21)22/h1-7H,8-10H2,(H,23,24). The number of sulfone groups is 1. The van der Waals surface area contributed by atoms with Gasteiger partial charge in [-0.15, -0.1) is 0 Å². The highest BCUT2D eigenvalue weighted by Gasteiger charge is 2.33. The minimum atomic E-state index is -4.80. The molecule has 2 rings (SSSR count). The molecule has 0 bridgehead atoms. The summed E-state index contributed by atoms with van der Waals surface area (Å²) in [5.41, 5.74) is -1.11. The lowest BCUT2D eigenvalue weighted by Crippen LogP contribution is -2.31. The quantitative estimate of drug-likeness (QED) is 0.656. The van der Waals surface area contributed by atoms with E-state index < -0.39 is 45.6 Å². The number of benzene rings is 2. The Balaban J connectivity index is 2.02. The SMILES string of the molecule is O=C(CS(=O)(=O)Cc1cccc(Br)c1)NCc1ccc(F)cc1C(F)(F)F. The summed E-state index contributed by atoms with van der Waals surface area (Å²) < 4.78 is 76.7. The van der Waals surface area contributed by atoms with Gasteiger partial charge in [0.15, 0.2) is 9.84 Å². The Morgan fingerprint density at radius 1 is 1.11 bits per heavy atom. The lowest BCUT2D eigenvalue weighted by Gasteiger charge is -2.13. The molecule has 1 amide bonds. The van der Waals surface area contributed by atoms with E-state index in [1.807, 2.05) is 0 Å². The Morgan fingerprint density at radius 3 is 2.44 bits per heavy atom. The number of rotatable bonds is 6. The molecule has 10 heteroatoms. The predicted octanol–water partition coefficient (Wildman–Crippen LogP) is 3.84. The van der Waals surface area contributed by atoms with Crippen molar-refractivity contribution < 1.29 is 30.8 Å². The zero-order chi connectivity index (χ0) is 20.2. The Bertz CT molecular complexity index is 945. The molecule has 0 radical (unpaired) electrons. The number of carbonyl (C=O) groups is 1. The van der Waals surface area contributed by atoms with Crippen LogP contribution in [0.25, 0.3) is 0 Å². The van der Waals surface area contributed by atoms with Crippen LogP contribution in [0.15, 0.2) is 46.9 Å². The summed E-state index contributed by atoms with van der Waals surface area (Å²) >= 11 is 3.21. The third-order valence-corrected chi connectivity index (χ3v) is 5.45. The lowest BCUT2D eigenvalue weighted by atomic mass is 10.1. The van der Waals surface area contributed by atoms with Crippen LogP contribution in [0, 0.1) is 5.82 Å². The molecule has 146 valence electrons. The predicted molar refractivity (Wildman–Crippen MR) is 94.9 cm³/mol. The van der Waals surface area contributed by atoms with Crippen molar-refractivity contribution in [3.05, 3.63) is 69.4 Å². The third kappa shape index (κ3) is 6.62. The largest absolute Gasteiger partial charge is 0.416 e. The maximum Gasteiger partial charge on any atom is 0.416 e. The van der Waals surface area contributed by atoms with Crippen molar-refractivity contribution in [2.45, 2.75) is 18.5 Å². The summed E-state index contributed by atoms with van der Waals surface area (Å²) in [6, 6.07) is 8.57. The summed E-state index contributed by atoms with van der Waals surface area (Å²) in [6.45, 7) is -0.569. The van der Waals surface area contributed by atoms with Gasteiger partial charge >= 0.3 is 6.18 Å². The first-order valence-corrected chi connectivity index (χ1v) is 10.1. The molecular weight excluding hydrogens is 454 g/mol. The summed E-state index contributed by atoms with van der Waals surface area (Å²) in [7, 11) is -3.82. The van der Waals surface area contributed by atoms with E-state index >= 15 is 0 Å². The van der Waals surface area contributed by atoms with Crippen LogP contribution in [0.4, 0.5) is 17.6 Å². The van der Waals surface area contributed by atoms with Gasteiger partial charge in [0.25, 0.3) is 0 Å². The van der Waals surface area contributed by atoms with Crippen LogP contribution in [0.5, 0.6) is 0 Å². The van der Waals surface area contributed by atoms with Gasteiger partial charge in [-0.2, -0.15) is 13.2 Å². The first kappa shape index (κ1) is 21.4. The topological polar surface area (TPSA) is 63.2 Å². The lowest BCUT2D eigenvalue weighted by molar-refractivity contribution is -0.138. The zero-order valence-corrected chi connectivity index (χ0v) is 16.1. The van der Waals surface area contributed by atoms with E-state index in [4.69, 9.17) is 0 Å². The number of nitrogens with one attached hydrogen (secondary N) is 1. The van der Waals surface area contributed by atoms with Crippen LogP contribution in [-0.2, 0) is 33.1 Å². The fraction of sp³-hybridized carbons (Fsp3) is 0.235. The molecule has 0 heterocycles. The van der Waals surface area contributed by atoms with E-state index in [0.29, 0.717) is 16.1 Å². The number of hydrogen-bond acceptors (Lipinski definition) is 3. The van der Waals surface area contributed by atoms with Crippen LogP contribution >= 0.6 is 15.9 Å². The zero-order valence-electron chi connectivity index (χ0n) is 13.7. The molecule has 0 atom stereocenters. The van der Waals surface area contributed by atoms with Crippen LogP contribution < -0.4 is 5.32 Å². The van der Waals surface area contributed by atoms with Crippen molar-refractivity contribution in [3.63, 3.8) is 0 Å². The second-order valence-corrected chi connectivity index (χ2v) is 8.72. The van der Waals surface area contributed by atoms with Gasteiger partial charge < -0.3 is 5.32 Å². The molecular formula is C17H14BrF4NO3S. The van der Waals surface area contributed by atoms with Gasteiger partial charge in [-0.25, -0.2) is 12.8 Å². The third-order valence-electron chi connectivity index (χ3n) is 3.48. The van der Waals surface area contributed by atoms with Crippen molar-refractivity contribution >= 4 is 31.7 Å². The van der Waals surface area contributed by atoms with Gasteiger partial charge in [-0.1, -0.05) is 34.1 Å². The van der Waals surface area contributed by atoms with Crippen LogP contribution in [0.1, 0.15) is 16.7 Å². The van der Waals surface area contributed by atoms with Crippen molar-refractivity contribution in [2.24, 2.45) is 0 Å². The van der Waals surface area contributed by atoms with Gasteiger partial charge in [-0.3, -0.25) is 4.79 Å². The Labute approximate surface area is 161 Å². The molecule has 0 aliphatic carbocycles. The Hall–Kier alpha value is -1.94. The maximum absolute atomic E-state index is 13.1. The molecule has 0 saturated heterocycles. The maximum atomic E-state index is 13.1. The van der Waals surface area contributed by atoms with E-state index in [9.17, 15) is 30.8 Å². The van der Waals surface area contributed by atoms with Crippen molar-refractivity contribution in [1.82, 2.24) is 5.32 Å². The number of alkyl halides is 3. The Morgan fingerprint density at radius 2 is 1.81 bits per heavy atom. The molecule has 2 aromatic carbocycles. The number of halogens is 5. The van der Waals surface area contributed by atoms with E-state index in [1.165, 1.54) is 0 Å². The fourth-order valence-corrected chi connectivity index (χ4v) is 4.08. The highest BCUT2D eigenvalue weighted by Crippen LogP contribution is 2.32. The van der Waals surface area contributed by atoms with Crippen molar-refractivity contribution in [2.75, 3.05) is 5.75 Å². The second kappa shape index (κ2) is 8.39. The molecule has 0 aliphatic heterocycles. The molecule has 0 saturated carbocycles. The van der Waals surface area contributed by atoms with Crippen molar-refractivity contribution in [3.8, 4) is 0 Å². The Kier molecular flexibility index (Phi) is 6.63. The van der Waals surface area contributed by atoms with Gasteiger partial charge in [0, 0.05) is 11.0 Å². The minimum absolute atomic E-state index is 0.325. The van der Waals surface area contributed by atoms with Gasteiger partial charge in [-0.05, 0) is 35.4 Å². The number of amides is 1. The average molecular weight is 468 g/mol. The molecule has 0 spiro atoms. The molecule has 2 aromatic rings.